The molecule has 0 saturated heterocycles. The van der Waals surface area contributed by atoms with Crippen LogP contribution < -0.4 is 10.6 Å². The van der Waals surface area contributed by atoms with E-state index in [1.54, 1.807) is 13.4 Å². The topological polar surface area (TPSA) is 97.9 Å². The van der Waals surface area contributed by atoms with Gasteiger partial charge in [-0.15, -0.1) is 0 Å². The molecule has 29 heavy (non-hydrogen) atoms. The summed E-state index contributed by atoms with van der Waals surface area (Å²) in [7, 11) is 3.72. The monoisotopic (exact) mass is 392 g/mol. The average molecular weight is 392 g/mol. The minimum atomic E-state index is -0.0605. The highest BCUT2D eigenvalue weighted by Gasteiger charge is 2.19. The highest BCUT2D eigenvalue weighted by Crippen LogP contribution is 2.32. The van der Waals surface area contributed by atoms with E-state index in [-0.39, 0.29) is 6.04 Å². The first-order valence-corrected chi connectivity index (χ1v) is 9.61. The van der Waals surface area contributed by atoms with Gasteiger partial charge in [0, 0.05) is 19.7 Å². The zero-order valence-electron chi connectivity index (χ0n) is 16.9. The summed E-state index contributed by atoms with van der Waals surface area (Å²) in [5.41, 5.74) is 4.59. The molecule has 1 unspecified atom stereocenters. The van der Waals surface area contributed by atoms with Crippen molar-refractivity contribution >= 4 is 34.5 Å². The van der Waals surface area contributed by atoms with Gasteiger partial charge in [-0.1, -0.05) is 26.0 Å². The molecule has 2 N–H and O–H groups in total. The number of imidazole rings is 1. The lowest BCUT2D eigenvalue weighted by Gasteiger charge is -2.19. The van der Waals surface area contributed by atoms with Crippen LogP contribution in [0.4, 0.5) is 5.82 Å². The molecule has 0 radical (unpaired) electrons. The fraction of sp³-hybridized carbons (Fsp3) is 0.333. The van der Waals surface area contributed by atoms with Crippen molar-refractivity contribution in [1.82, 2.24) is 24.8 Å². The number of nitrogens with one attached hydrogen (secondary N) is 2. The molecule has 8 nitrogen and oxygen atoms in total. The molecule has 8 heteroatoms. The Labute approximate surface area is 168 Å². The van der Waals surface area contributed by atoms with Gasteiger partial charge in [0.15, 0.2) is 11.3 Å². The first kappa shape index (κ1) is 18.9. The first-order valence-electron chi connectivity index (χ1n) is 9.61. The molecule has 1 amide bonds. The SMILES string of the molecule is CNc1nc2oc(-c3cccc(C(CC(C)C)NC=O)c3)nc2c2c1ncn2C. The average Bonchev–Trinajstić information content (AvgIpc) is 3.30. The summed E-state index contributed by atoms with van der Waals surface area (Å²) in [5.74, 6) is 1.58. The summed E-state index contributed by atoms with van der Waals surface area (Å²) in [5, 5.41) is 5.98. The van der Waals surface area contributed by atoms with E-state index in [4.69, 9.17) is 9.40 Å². The number of anilines is 1. The summed E-state index contributed by atoms with van der Waals surface area (Å²) >= 11 is 0. The van der Waals surface area contributed by atoms with E-state index in [1.807, 2.05) is 35.9 Å². The summed E-state index contributed by atoms with van der Waals surface area (Å²) in [6, 6.07) is 7.85. The van der Waals surface area contributed by atoms with E-state index in [0.29, 0.717) is 28.9 Å². The fourth-order valence-electron chi connectivity index (χ4n) is 3.62. The van der Waals surface area contributed by atoms with Gasteiger partial charge in [-0.2, -0.15) is 4.98 Å². The van der Waals surface area contributed by atoms with Gasteiger partial charge in [0.05, 0.1) is 12.4 Å². The Morgan fingerprint density at radius 2 is 2.07 bits per heavy atom. The van der Waals surface area contributed by atoms with Crippen molar-refractivity contribution in [2.75, 3.05) is 12.4 Å². The summed E-state index contributed by atoms with van der Waals surface area (Å²) in [6.45, 7) is 4.27. The zero-order valence-corrected chi connectivity index (χ0v) is 16.9. The van der Waals surface area contributed by atoms with Crippen molar-refractivity contribution < 1.29 is 9.21 Å². The normalized spacial score (nSPS) is 12.6. The van der Waals surface area contributed by atoms with Crippen molar-refractivity contribution in [1.29, 1.82) is 0 Å². The van der Waals surface area contributed by atoms with Crippen LogP contribution in [-0.4, -0.2) is 33.0 Å². The predicted octanol–water partition coefficient (Wildman–Crippen LogP) is 3.65. The molecule has 1 aromatic carbocycles. The summed E-state index contributed by atoms with van der Waals surface area (Å²) in [4.78, 5) is 24.7. The molecule has 0 aliphatic heterocycles. The number of hydrogen-bond acceptors (Lipinski definition) is 6. The van der Waals surface area contributed by atoms with Crippen molar-refractivity contribution in [3.63, 3.8) is 0 Å². The predicted molar refractivity (Wildman–Crippen MR) is 112 cm³/mol. The maximum atomic E-state index is 11.1. The van der Waals surface area contributed by atoms with Gasteiger partial charge in [0.1, 0.15) is 11.0 Å². The minimum Gasteiger partial charge on any atom is -0.418 e. The van der Waals surface area contributed by atoms with E-state index < -0.39 is 0 Å². The molecule has 3 aromatic heterocycles. The number of oxazole rings is 1. The van der Waals surface area contributed by atoms with Crippen LogP contribution in [-0.2, 0) is 11.8 Å². The number of aryl methyl sites for hydroxylation is 1. The Kier molecular flexibility index (Phi) is 4.92. The number of pyridine rings is 1. The highest BCUT2D eigenvalue weighted by molar-refractivity contribution is 6.03. The number of carbonyl (C=O) groups excluding carboxylic acids is 1. The molecule has 0 spiro atoms. The van der Waals surface area contributed by atoms with Gasteiger partial charge in [-0.05, 0) is 30.0 Å². The van der Waals surface area contributed by atoms with Crippen LogP contribution in [0, 0.1) is 5.92 Å². The Bertz CT molecular complexity index is 1180. The molecule has 0 fully saturated rings. The third kappa shape index (κ3) is 3.41. The highest BCUT2D eigenvalue weighted by atomic mass is 16.4. The van der Waals surface area contributed by atoms with E-state index in [1.165, 1.54) is 0 Å². The van der Waals surface area contributed by atoms with Crippen LogP contribution >= 0.6 is 0 Å². The van der Waals surface area contributed by atoms with Gasteiger partial charge in [0.2, 0.25) is 12.3 Å². The third-order valence-electron chi connectivity index (χ3n) is 4.96. The second kappa shape index (κ2) is 7.54. The van der Waals surface area contributed by atoms with Crippen LogP contribution in [0.15, 0.2) is 35.0 Å². The number of carbonyl (C=O) groups is 1. The number of nitrogens with zero attached hydrogens (tertiary/aromatic N) is 4. The van der Waals surface area contributed by atoms with E-state index in [2.05, 4.69) is 34.4 Å². The lowest BCUT2D eigenvalue weighted by molar-refractivity contribution is -0.110. The van der Waals surface area contributed by atoms with Gasteiger partial charge >= 0.3 is 0 Å². The summed E-state index contributed by atoms with van der Waals surface area (Å²) in [6.07, 6.45) is 3.34. The summed E-state index contributed by atoms with van der Waals surface area (Å²) < 4.78 is 7.92. The molecule has 150 valence electrons. The number of hydrogen-bond donors (Lipinski definition) is 2. The number of rotatable bonds is 7. The standard InChI is InChI=1S/C21H24N6O2/c1-12(2)8-15(24-11-28)13-6-5-7-14(9-13)20-25-17-18-16(23-10-27(18)4)19(22-3)26-21(17)29-20/h5-7,9-12,15H,8H2,1-4H3,(H,22,26)(H,24,28). The Morgan fingerprint density at radius 3 is 2.79 bits per heavy atom. The molecular weight excluding hydrogens is 368 g/mol. The molecule has 0 aliphatic carbocycles. The fourth-order valence-corrected chi connectivity index (χ4v) is 3.62. The Balaban J connectivity index is 1.82. The number of fused-ring (bicyclic) bond motifs is 3. The molecule has 1 atom stereocenters. The van der Waals surface area contributed by atoms with Crippen LogP contribution in [0.2, 0.25) is 0 Å². The number of benzene rings is 1. The lowest BCUT2D eigenvalue weighted by Crippen LogP contribution is -2.21. The van der Waals surface area contributed by atoms with Crippen molar-refractivity contribution in [3.8, 4) is 11.5 Å². The second-order valence-electron chi connectivity index (χ2n) is 7.53. The first-order chi connectivity index (χ1) is 14.0. The van der Waals surface area contributed by atoms with Crippen LogP contribution in [0.1, 0.15) is 31.9 Å². The van der Waals surface area contributed by atoms with E-state index in [9.17, 15) is 4.79 Å². The largest absolute Gasteiger partial charge is 0.418 e. The van der Waals surface area contributed by atoms with E-state index >= 15 is 0 Å². The lowest BCUT2D eigenvalue weighted by atomic mass is 9.96. The van der Waals surface area contributed by atoms with Crippen molar-refractivity contribution in [3.05, 3.63) is 36.2 Å². The van der Waals surface area contributed by atoms with Crippen LogP contribution in [0.25, 0.3) is 33.7 Å². The van der Waals surface area contributed by atoms with Gasteiger partial charge in [0.25, 0.3) is 5.71 Å². The quantitative estimate of drug-likeness (QED) is 0.466. The zero-order chi connectivity index (χ0) is 20.5. The number of aromatic nitrogens is 4. The van der Waals surface area contributed by atoms with Crippen LogP contribution in [0.3, 0.4) is 0 Å². The molecule has 4 aromatic rings. The molecule has 0 aliphatic rings. The van der Waals surface area contributed by atoms with Crippen molar-refractivity contribution in [2.45, 2.75) is 26.3 Å². The maximum Gasteiger partial charge on any atom is 0.251 e. The molecule has 4 rings (SSSR count). The molecular formula is C21H24N6O2. The Morgan fingerprint density at radius 1 is 1.24 bits per heavy atom. The van der Waals surface area contributed by atoms with Gasteiger partial charge in [-0.3, -0.25) is 4.79 Å². The van der Waals surface area contributed by atoms with Crippen LogP contribution in [0.5, 0.6) is 0 Å². The smallest absolute Gasteiger partial charge is 0.251 e. The van der Waals surface area contributed by atoms with Gasteiger partial charge in [-0.25, -0.2) is 9.97 Å². The van der Waals surface area contributed by atoms with E-state index in [0.717, 1.165) is 35.0 Å². The molecule has 3 heterocycles. The van der Waals surface area contributed by atoms with Crippen molar-refractivity contribution in [2.24, 2.45) is 13.0 Å². The maximum absolute atomic E-state index is 11.1. The number of amides is 1. The van der Waals surface area contributed by atoms with Gasteiger partial charge < -0.3 is 19.6 Å². The molecule has 0 bridgehead atoms. The molecule has 0 saturated carbocycles. The third-order valence-corrected chi connectivity index (χ3v) is 4.96. The minimum absolute atomic E-state index is 0.0605. The Hall–Kier alpha value is -3.42. The second-order valence-corrected chi connectivity index (χ2v) is 7.53.